The molecule has 0 aromatic rings. The van der Waals surface area contributed by atoms with E-state index in [1.807, 2.05) is 20.8 Å². The lowest BCUT2D eigenvalue weighted by atomic mass is 9.77. The van der Waals surface area contributed by atoms with Crippen molar-refractivity contribution in [2.24, 2.45) is 50.2 Å². The van der Waals surface area contributed by atoms with Crippen molar-refractivity contribution in [3.63, 3.8) is 0 Å². The number of allylic oxidation sites excluding steroid dienone is 1. The number of carbonyl (C=O) groups excluding carboxylic acids is 2. The van der Waals surface area contributed by atoms with Crippen molar-refractivity contribution in [2.75, 3.05) is 159 Å². The van der Waals surface area contributed by atoms with E-state index in [4.69, 9.17) is 89.1 Å². The van der Waals surface area contributed by atoms with E-state index >= 15 is 0 Å². The largest absolute Gasteiger partial charge is 0.501 e. The summed E-state index contributed by atoms with van der Waals surface area (Å²) in [4.78, 5) is 21.8. The van der Waals surface area contributed by atoms with Crippen molar-refractivity contribution >= 4 is 20.7 Å². The first-order chi connectivity index (χ1) is 51.4. The van der Waals surface area contributed by atoms with Crippen LogP contribution >= 0.6 is 0 Å². The summed E-state index contributed by atoms with van der Waals surface area (Å²) in [6.07, 6.45) is 27.0. The number of carbonyl (C=O) groups is 2. The van der Waals surface area contributed by atoms with E-state index in [2.05, 4.69) is 116 Å². The Morgan fingerprint density at radius 1 is 0.537 bits per heavy atom. The van der Waals surface area contributed by atoms with Crippen LogP contribution in [-0.4, -0.2) is 232 Å². The molecule has 14 fully saturated rings. The maximum Gasteiger partial charge on any atom is 0.501 e. The fourth-order valence-corrected chi connectivity index (χ4v) is 17.9. The van der Waals surface area contributed by atoms with Crippen LogP contribution in [0.2, 0.25) is 6.04 Å². The topological polar surface area (TPSA) is 226 Å². The lowest BCUT2D eigenvalue weighted by Crippen LogP contribution is -2.47. The van der Waals surface area contributed by atoms with E-state index in [1.54, 1.807) is 6.92 Å². The number of hydrogen-bond acceptors (Lipinski definition) is 21. The van der Waals surface area contributed by atoms with E-state index in [0.717, 1.165) is 155 Å². The molecule has 14 aliphatic rings. The highest BCUT2D eigenvalue weighted by molar-refractivity contribution is 6.60. The zero-order chi connectivity index (χ0) is 79.0. The molecule has 0 amide bonds. The van der Waals surface area contributed by atoms with E-state index in [9.17, 15) is 9.59 Å². The minimum Gasteiger partial charge on any atom is -0.462 e. The van der Waals surface area contributed by atoms with Crippen molar-refractivity contribution in [2.45, 2.75) is 292 Å². The van der Waals surface area contributed by atoms with E-state index in [-0.39, 0.29) is 67.0 Å². The van der Waals surface area contributed by atoms with Crippen molar-refractivity contribution in [1.29, 1.82) is 0 Å². The predicted molar refractivity (Wildman–Crippen MR) is 421 cm³/mol. The number of esters is 2. The van der Waals surface area contributed by atoms with Gasteiger partial charge in [0.1, 0.15) is 18.8 Å². The Bertz CT molecular complexity index is 2640. The fraction of sp³-hybridized carbons (Fsp3) is 0.907. The molecule has 108 heavy (non-hydrogen) atoms. The average molecular weight is 1550 g/mol. The molecule has 11 unspecified atom stereocenters. The lowest BCUT2D eigenvalue weighted by Gasteiger charge is -2.41. The van der Waals surface area contributed by atoms with Gasteiger partial charge in [-0.25, -0.2) is 9.59 Å². The maximum absolute atomic E-state index is 11.1. The number of unbranched alkanes of at least 4 members (excludes halogenated alkanes) is 1. The molecule has 11 atom stereocenters. The van der Waals surface area contributed by atoms with Gasteiger partial charge in [-0.3, -0.25) is 0 Å². The average Bonchev–Trinajstić information content (AvgIpc) is 1.52. The van der Waals surface area contributed by atoms with Gasteiger partial charge in [0, 0.05) is 78.8 Å². The first-order valence-electron chi connectivity index (χ1n) is 42.1. The number of epoxide rings is 5. The fourth-order valence-electron chi connectivity index (χ4n) is 15.3. The molecule has 22 heteroatoms. The summed E-state index contributed by atoms with van der Waals surface area (Å²) in [6, 6.07) is 0.818. The Kier molecular flexibility index (Phi) is 36.1. The van der Waals surface area contributed by atoms with Gasteiger partial charge in [0.05, 0.1) is 170 Å². The van der Waals surface area contributed by atoms with Crippen LogP contribution in [0.1, 0.15) is 233 Å². The Hall–Kier alpha value is -2.30. The van der Waals surface area contributed by atoms with Crippen molar-refractivity contribution in [3.05, 3.63) is 37.5 Å². The maximum atomic E-state index is 11.1. The molecule has 0 aromatic carbocycles. The number of rotatable bonds is 36. The standard InChI is InChI=1S/C15H32O5Si.C14H28O2.C10H18O3.C10H16O3.2C10H16O2.C9H14O3.C8H12O/c1-5-15(13-17-14-15)12-16-10-9-11-21(18-6-2,19-7-3)20-8-4;1-4-7-8-13(5-2)9-15-10-14(6-3)11-16-12-14;1-9(3-11-4-9)7-13-8-10(2)5-12-6-10;1-4-10(5-12-6-10)7-13-9(11)8(2)3;1-8(2)10(12-8)5-4-9(3)7(6-10)11-9;1-9-4-3-7(5-8(9)12-9)10(2)6-11-10;1-3-8(10)12-7-9(4-2)5-11-6-9;1-2-6-3-4-7-8(5-6)9-7/h5-14H2,1-4H3;13H,4-12H2,1-3H3;3-8H2,1-2H3;2,4-7H2,1,3H3;7H,4-6H2,1-3H3;7-8H,3-6H2,1-2H3;3H,1,4-7H2,2H3;2,6-8H,1,3-5H2. The molecule has 0 N–H and O–H groups in total. The van der Waals surface area contributed by atoms with E-state index in [0.29, 0.717) is 94.9 Å². The molecule has 0 radical (unpaired) electrons. The van der Waals surface area contributed by atoms with E-state index < -0.39 is 8.80 Å². The monoisotopic (exact) mass is 1550 g/mol. The van der Waals surface area contributed by atoms with Gasteiger partial charge in [0.15, 0.2) is 0 Å². The van der Waals surface area contributed by atoms with Gasteiger partial charge in [0.25, 0.3) is 0 Å². The molecular weight excluding hydrogens is 1400 g/mol. The molecule has 11 saturated heterocycles. The summed E-state index contributed by atoms with van der Waals surface area (Å²) in [6.45, 7) is 65.3. The second-order valence-electron chi connectivity index (χ2n) is 36.0. The van der Waals surface area contributed by atoms with Crippen molar-refractivity contribution in [3.8, 4) is 0 Å². The first-order valence-corrected chi connectivity index (χ1v) is 44.0. The molecule has 0 aromatic heterocycles. The lowest BCUT2D eigenvalue weighted by molar-refractivity contribution is -0.174. The summed E-state index contributed by atoms with van der Waals surface area (Å²) < 4.78 is 104. The molecule has 0 bridgehead atoms. The normalized spacial score (nSPS) is 32.0. The zero-order valence-electron chi connectivity index (χ0n) is 70.8. The number of ether oxygens (including phenoxy) is 16. The SMILES string of the molecule is C=C(C)C(=O)OCC1(CC)COC1.C=CC(=O)OCC1(CC)COC1.C=CC1CCC2OC2C1.CC1(C2CCC3(C)OC3C2)CO1.CC1(COCC2(C)COC2)COC1.CC12CCC3(CC1O2)OC3(C)C.CCCCC(CC)COCC1(CC)COC1.CCO[Si](CCCOCC1(CC)COC1)(OCC)OCC. The summed E-state index contributed by atoms with van der Waals surface area (Å²) in [5, 5.41) is 0. The number of fused-ring (bicyclic) bond motifs is 3. The van der Waals surface area contributed by atoms with Gasteiger partial charge in [-0.1, -0.05) is 93.9 Å². The third-order valence-electron chi connectivity index (χ3n) is 25.5. The zero-order valence-corrected chi connectivity index (χ0v) is 71.8. The smallest absolute Gasteiger partial charge is 0.462 e. The molecule has 14 rings (SSSR count). The van der Waals surface area contributed by atoms with Gasteiger partial charge in [-0.15, -0.1) is 6.58 Å². The van der Waals surface area contributed by atoms with Crippen LogP contribution in [0.5, 0.6) is 0 Å². The Morgan fingerprint density at radius 3 is 1.43 bits per heavy atom. The van der Waals surface area contributed by atoms with Crippen LogP contribution < -0.4 is 0 Å². The van der Waals surface area contributed by atoms with Gasteiger partial charge in [-0.05, 0) is 170 Å². The summed E-state index contributed by atoms with van der Waals surface area (Å²) in [5.74, 6) is 1.61. The van der Waals surface area contributed by atoms with Crippen LogP contribution in [0.25, 0.3) is 0 Å². The summed E-state index contributed by atoms with van der Waals surface area (Å²) in [7, 11) is -2.50. The molecule has 626 valence electrons. The molecule has 1 spiro atoms. The van der Waals surface area contributed by atoms with Crippen LogP contribution in [0.15, 0.2) is 37.5 Å². The highest BCUT2D eigenvalue weighted by atomic mass is 28.4. The third-order valence-corrected chi connectivity index (χ3v) is 28.7. The molecular formula is C86H152O21Si. The third kappa shape index (κ3) is 27.4. The minimum atomic E-state index is -2.50. The summed E-state index contributed by atoms with van der Waals surface area (Å²) >= 11 is 0. The quantitative estimate of drug-likeness (QED) is 0.0142. The van der Waals surface area contributed by atoms with Crippen molar-refractivity contribution < 1.29 is 98.7 Å². The highest BCUT2D eigenvalue weighted by Gasteiger charge is 2.72. The molecule has 3 aliphatic carbocycles. The highest BCUT2D eigenvalue weighted by Crippen LogP contribution is 2.63. The molecule has 11 aliphatic heterocycles. The predicted octanol–water partition coefficient (Wildman–Crippen LogP) is 15.6. The van der Waals surface area contributed by atoms with Crippen molar-refractivity contribution in [1.82, 2.24) is 0 Å². The Balaban J connectivity index is 0.000000173. The van der Waals surface area contributed by atoms with Gasteiger partial charge < -0.3 is 89.1 Å². The molecule has 11 heterocycles. The minimum absolute atomic E-state index is 0.0745. The van der Waals surface area contributed by atoms with Crippen LogP contribution in [-0.2, 0) is 98.7 Å². The first kappa shape index (κ1) is 92.9. The second kappa shape index (κ2) is 42.0. The molecule has 21 nitrogen and oxygen atoms in total. The van der Waals surface area contributed by atoms with Crippen LogP contribution in [0, 0.1) is 50.2 Å². The number of hydrogen-bond donors (Lipinski definition) is 0. The second-order valence-corrected chi connectivity index (χ2v) is 38.7. The van der Waals surface area contributed by atoms with Crippen LogP contribution in [0.3, 0.4) is 0 Å². The Morgan fingerprint density at radius 2 is 1.03 bits per heavy atom. The van der Waals surface area contributed by atoms with E-state index in [1.165, 1.54) is 89.5 Å². The van der Waals surface area contributed by atoms with Gasteiger partial charge in [-0.2, -0.15) is 0 Å². The summed E-state index contributed by atoms with van der Waals surface area (Å²) in [5.41, 5.74) is 2.81. The van der Waals surface area contributed by atoms with Crippen LogP contribution in [0.4, 0.5) is 0 Å². The van der Waals surface area contributed by atoms with Gasteiger partial charge >= 0.3 is 20.7 Å². The van der Waals surface area contributed by atoms with Gasteiger partial charge in [0.2, 0.25) is 0 Å². The molecule has 3 saturated carbocycles. The Labute approximate surface area is 654 Å².